The Hall–Kier alpha value is -1.44. The number of aromatic carboxylic acids is 1. The molecule has 1 unspecified atom stereocenters. The van der Waals surface area contributed by atoms with E-state index in [1.54, 1.807) is 6.92 Å². The van der Waals surface area contributed by atoms with E-state index < -0.39 is 16.0 Å². The van der Waals surface area contributed by atoms with Crippen LogP contribution >= 0.6 is 0 Å². The number of ether oxygens (including phenoxy) is 1. The third-order valence-electron chi connectivity index (χ3n) is 2.79. The number of likely N-dealkylation sites (N-methyl/N-ethyl adjacent to an activating group) is 1. The summed E-state index contributed by atoms with van der Waals surface area (Å²) >= 11 is 0. The van der Waals surface area contributed by atoms with E-state index in [2.05, 4.69) is 0 Å². The second-order valence-corrected chi connectivity index (χ2v) is 6.16. The molecule has 0 aliphatic carbocycles. The van der Waals surface area contributed by atoms with Crippen molar-refractivity contribution < 1.29 is 23.1 Å². The van der Waals surface area contributed by atoms with Gasteiger partial charge in [-0.25, -0.2) is 13.2 Å². The van der Waals surface area contributed by atoms with Gasteiger partial charge in [-0.2, -0.15) is 4.31 Å². The zero-order valence-electron chi connectivity index (χ0n) is 11.0. The van der Waals surface area contributed by atoms with Crippen molar-refractivity contribution in [3.05, 3.63) is 29.8 Å². The largest absolute Gasteiger partial charge is 0.478 e. The van der Waals surface area contributed by atoms with Gasteiger partial charge in [-0.05, 0) is 25.1 Å². The minimum Gasteiger partial charge on any atom is -0.478 e. The number of sulfonamides is 1. The molecule has 0 spiro atoms. The number of carboxylic acid groups (broad SMARTS) is 1. The summed E-state index contributed by atoms with van der Waals surface area (Å²) in [6.45, 7) is 1.97. The monoisotopic (exact) mass is 287 g/mol. The maximum Gasteiger partial charge on any atom is 0.335 e. The van der Waals surface area contributed by atoms with Gasteiger partial charge in [-0.15, -0.1) is 0 Å². The quantitative estimate of drug-likeness (QED) is 0.845. The van der Waals surface area contributed by atoms with Crippen molar-refractivity contribution in [3.8, 4) is 0 Å². The van der Waals surface area contributed by atoms with Gasteiger partial charge >= 0.3 is 5.97 Å². The lowest BCUT2D eigenvalue weighted by molar-refractivity contribution is 0.0696. The molecule has 0 bridgehead atoms. The van der Waals surface area contributed by atoms with E-state index in [9.17, 15) is 13.2 Å². The fraction of sp³-hybridized carbons (Fsp3) is 0.417. The lowest BCUT2D eigenvalue weighted by atomic mass is 10.2. The number of hydrogen-bond acceptors (Lipinski definition) is 4. The number of hydrogen-bond donors (Lipinski definition) is 1. The van der Waals surface area contributed by atoms with Crippen LogP contribution in [0.15, 0.2) is 29.2 Å². The van der Waals surface area contributed by atoms with Crippen LogP contribution in [0.5, 0.6) is 0 Å². The van der Waals surface area contributed by atoms with Crippen molar-refractivity contribution in [3.63, 3.8) is 0 Å². The molecule has 0 fully saturated rings. The van der Waals surface area contributed by atoms with Crippen LogP contribution < -0.4 is 0 Å². The number of methoxy groups -OCH3 is 1. The normalized spacial score (nSPS) is 13.5. The summed E-state index contributed by atoms with van der Waals surface area (Å²) in [7, 11) is -0.801. The molecule has 19 heavy (non-hydrogen) atoms. The van der Waals surface area contributed by atoms with Crippen LogP contribution in [0.3, 0.4) is 0 Å². The molecule has 0 amide bonds. The van der Waals surface area contributed by atoms with E-state index in [0.29, 0.717) is 0 Å². The lowest BCUT2D eigenvalue weighted by Crippen LogP contribution is -2.37. The van der Waals surface area contributed by atoms with Gasteiger partial charge in [0.1, 0.15) is 0 Å². The van der Waals surface area contributed by atoms with E-state index in [1.165, 1.54) is 32.4 Å². The Labute approximate surface area is 112 Å². The molecule has 0 saturated carbocycles. The minimum atomic E-state index is -3.73. The predicted molar refractivity (Wildman–Crippen MR) is 69.7 cm³/mol. The maximum atomic E-state index is 12.3. The van der Waals surface area contributed by atoms with E-state index in [1.807, 2.05) is 0 Å². The topological polar surface area (TPSA) is 83.9 Å². The van der Waals surface area contributed by atoms with Gasteiger partial charge in [-0.1, -0.05) is 6.07 Å². The molecule has 1 aromatic carbocycles. The Morgan fingerprint density at radius 3 is 2.63 bits per heavy atom. The Bertz CT molecular complexity index is 555. The summed E-state index contributed by atoms with van der Waals surface area (Å²) < 4.78 is 30.7. The number of carbonyl (C=O) groups is 1. The summed E-state index contributed by atoms with van der Waals surface area (Å²) in [4.78, 5) is 10.8. The van der Waals surface area contributed by atoms with Crippen molar-refractivity contribution in [1.82, 2.24) is 4.31 Å². The second kappa shape index (κ2) is 6.14. The molecule has 0 radical (unpaired) electrons. The summed E-state index contributed by atoms with van der Waals surface area (Å²) in [5.74, 6) is -1.16. The molecule has 106 valence electrons. The first-order chi connectivity index (χ1) is 8.80. The molecule has 0 aliphatic heterocycles. The van der Waals surface area contributed by atoms with Crippen molar-refractivity contribution >= 4 is 16.0 Å². The average molecular weight is 287 g/mol. The standard InChI is InChI=1S/C12H17NO5S/c1-9(8-18-3)13(2)19(16,17)11-6-4-5-10(7-11)12(14)15/h4-7,9H,8H2,1-3H3,(H,14,15). The van der Waals surface area contributed by atoms with Gasteiger partial charge < -0.3 is 9.84 Å². The zero-order valence-corrected chi connectivity index (χ0v) is 11.8. The molecule has 6 nitrogen and oxygen atoms in total. The van der Waals surface area contributed by atoms with Crippen LogP contribution in [0.1, 0.15) is 17.3 Å². The molecule has 0 aromatic heterocycles. The zero-order chi connectivity index (χ0) is 14.6. The summed E-state index contributed by atoms with van der Waals surface area (Å²) in [5, 5.41) is 8.88. The van der Waals surface area contributed by atoms with Gasteiger partial charge in [0, 0.05) is 20.2 Å². The van der Waals surface area contributed by atoms with E-state index >= 15 is 0 Å². The predicted octanol–water partition coefficient (Wildman–Crippen LogP) is 1.04. The minimum absolute atomic E-state index is 0.0437. The van der Waals surface area contributed by atoms with Crippen molar-refractivity contribution in [2.75, 3.05) is 20.8 Å². The third kappa shape index (κ3) is 3.52. The molecular formula is C12H17NO5S. The highest BCUT2D eigenvalue weighted by atomic mass is 32.2. The second-order valence-electron chi connectivity index (χ2n) is 4.16. The highest BCUT2D eigenvalue weighted by molar-refractivity contribution is 7.89. The Morgan fingerprint density at radius 1 is 1.47 bits per heavy atom. The van der Waals surface area contributed by atoms with Gasteiger partial charge in [0.25, 0.3) is 0 Å². The first-order valence-corrected chi connectivity index (χ1v) is 7.05. The summed E-state index contributed by atoms with van der Waals surface area (Å²) in [6.07, 6.45) is 0. The molecule has 1 N–H and O–H groups in total. The maximum absolute atomic E-state index is 12.3. The molecule has 0 aliphatic rings. The fourth-order valence-corrected chi connectivity index (χ4v) is 2.93. The highest BCUT2D eigenvalue weighted by Gasteiger charge is 2.25. The number of carboxylic acids is 1. The first kappa shape index (κ1) is 15.6. The van der Waals surface area contributed by atoms with Gasteiger partial charge in [0.2, 0.25) is 10.0 Å². The van der Waals surface area contributed by atoms with Crippen LogP contribution in [0.2, 0.25) is 0 Å². The Kier molecular flexibility index (Phi) is 5.04. The van der Waals surface area contributed by atoms with Crippen LogP contribution in [0.4, 0.5) is 0 Å². The summed E-state index contributed by atoms with van der Waals surface area (Å²) in [5.41, 5.74) is -0.0612. The molecule has 1 atom stereocenters. The number of benzene rings is 1. The van der Waals surface area contributed by atoms with E-state index in [4.69, 9.17) is 9.84 Å². The van der Waals surface area contributed by atoms with Crippen molar-refractivity contribution in [2.45, 2.75) is 17.9 Å². The lowest BCUT2D eigenvalue weighted by Gasteiger charge is -2.23. The van der Waals surface area contributed by atoms with Crippen LogP contribution in [-0.4, -0.2) is 50.6 Å². The van der Waals surface area contributed by atoms with E-state index in [-0.39, 0.29) is 23.1 Å². The molecule has 0 heterocycles. The van der Waals surface area contributed by atoms with Gasteiger partial charge in [0.05, 0.1) is 17.1 Å². The molecule has 1 aromatic rings. The highest BCUT2D eigenvalue weighted by Crippen LogP contribution is 2.18. The van der Waals surface area contributed by atoms with Crippen molar-refractivity contribution in [1.29, 1.82) is 0 Å². The fourth-order valence-electron chi connectivity index (χ4n) is 1.54. The van der Waals surface area contributed by atoms with Crippen LogP contribution in [0, 0.1) is 0 Å². The average Bonchev–Trinajstić information content (AvgIpc) is 2.38. The van der Waals surface area contributed by atoms with Gasteiger partial charge in [-0.3, -0.25) is 0 Å². The van der Waals surface area contributed by atoms with Gasteiger partial charge in [0.15, 0.2) is 0 Å². The summed E-state index contributed by atoms with van der Waals surface area (Å²) in [6, 6.07) is 4.93. The smallest absolute Gasteiger partial charge is 0.335 e. The molecule has 7 heteroatoms. The van der Waals surface area contributed by atoms with Crippen LogP contribution in [-0.2, 0) is 14.8 Å². The Balaban J connectivity index is 3.13. The number of nitrogens with zero attached hydrogens (tertiary/aromatic N) is 1. The van der Waals surface area contributed by atoms with Crippen LogP contribution in [0.25, 0.3) is 0 Å². The molecular weight excluding hydrogens is 270 g/mol. The number of rotatable bonds is 6. The molecule has 1 rings (SSSR count). The van der Waals surface area contributed by atoms with E-state index in [0.717, 1.165) is 10.4 Å². The SMILES string of the molecule is COCC(C)N(C)S(=O)(=O)c1cccc(C(=O)O)c1. The van der Waals surface area contributed by atoms with Crippen molar-refractivity contribution in [2.24, 2.45) is 0 Å². The molecule has 0 saturated heterocycles. The third-order valence-corrected chi connectivity index (χ3v) is 4.75. The first-order valence-electron chi connectivity index (χ1n) is 5.61. The Morgan fingerprint density at radius 2 is 2.11 bits per heavy atom.